The second-order valence-corrected chi connectivity index (χ2v) is 5.04. The standard InChI is InChI=1S/C15H25N/c1-5-7-11(2)10-14(16)15-12(3)8-6-9-13(15)4/h6,8-9,11,14H,5,7,10,16H2,1-4H3. The third-order valence-electron chi connectivity index (χ3n) is 3.35. The van der Waals surface area contributed by atoms with E-state index in [1.165, 1.54) is 29.5 Å². The van der Waals surface area contributed by atoms with Crippen molar-refractivity contribution in [3.05, 3.63) is 34.9 Å². The molecule has 2 N–H and O–H groups in total. The van der Waals surface area contributed by atoms with Crippen LogP contribution in [0.15, 0.2) is 18.2 Å². The Hall–Kier alpha value is -0.820. The first-order chi connectivity index (χ1) is 7.56. The van der Waals surface area contributed by atoms with E-state index in [2.05, 4.69) is 45.9 Å². The molecule has 90 valence electrons. The SMILES string of the molecule is CCCC(C)CC(N)c1c(C)cccc1C. The van der Waals surface area contributed by atoms with Crippen LogP contribution in [0.4, 0.5) is 0 Å². The molecule has 0 heterocycles. The molecular formula is C15H25N. The fraction of sp³-hybridized carbons (Fsp3) is 0.600. The Balaban J connectivity index is 2.76. The second kappa shape index (κ2) is 6.05. The Kier molecular flexibility index (Phi) is 5.01. The number of benzene rings is 1. The van der Waals surface area contributed by atoms with Crippen molar-refractivity contribution in [3.8, 4) is 0 Å². The molecule has 1 rings (SSSR count). The summed E-state index contributed by atoms with van der Waals surface area (Å²) in [5.74, 6) is 0.721. The molecule has 1 aromatic carbocycles. The van der Waals surface area contributed by atoms with Gasteiger partial charge in [0.15, 0.2) is 0 Å². The summed E-state index contributed by atoms with van der Waals surface area (Å²) in [6.07, 6.45) is 3.62. The van der Waals surface area contributed by atoms with Gasteiger partial charge in [0.1, 0.15) is 0 Å². The van der Waals surface area contributed by atoms with E-state index in [-0.39, 0.29) is 6.04 Å². The van der Waals surface area contributed by atoms with Crippen molar-refractivity contribution in [1.29, 1.82) is 0 Å². The smallest absolute Gasteiger partial charge is 0.0302 e. The molecule has 1 heteroatoms. The third-order valence-corrected chi connectivity index (χ3v) is 3.35. The van der Waals surface area contributed by atoms with Gasteiger partial charge in [-0.1, -0.05) is 44.9 Å². The van der Waals surface area contributed by atoms with Crippen LogP contribution in [0.2, 0.25) is 0 Å². The van der Waals surface area contributed by atoms with Gasteiger partial charge < -0.3 is 5.73 Å². The molecule has 0 saturated carbocycles. The van der Waals surface area contributed by atoms with Crippen molar-refractivity contribution < 1.29 is 0 Å². The Bertz CT molecular complexity index is 310. The van der Waals surface area contributed by atoms with Gasteiger partial charge in [0.2, 0.25) is 0 Å². The van der Waals surface area contributed by atoms with Gasteiger partial charge in [-0.2, -0.15) is 0 Å². The zero-order valence-corrected chi connectivity index (χ0v) is 11.1. The summed E-state index contributed by atoms with van der Waals surface area (Å²) in [6, 6.07) is 6.62. The van der Waals surface area contributed by atoms with E-state index in [1.54, 1.807) is 0 Å². The summed E-state index contributed by atoms with van der Waals surface area (Å²) in [5, 5.41) is 0. The maximum absolute atomic E-state index is 6.33. The van der Waals surface area contributed by atoms with E-state index >= 15 is 0 Å². The molecule has 0 aliphatic carbocycles. The summed E-state index contributed by atoms with van der Waals surface area (Å²) in [7, 11) is 0. The topological polar surface area (TPSA) is 26.0 Å². The lowest BCUT2D eigenvalue weighted by atomic mass is 9.89. The van der Waals surface area contributed by atoms with Crippen molar-refractivity contribution in [1.82, 2.24) is 0 Å². The van der Waals surface area contributed by atoms with Gasteiger partial charge in [-0.3, -0.25) is 0 Å². The van der Waals surface area contributed by atoms with E-state index in [4.69, 9.17) is 5.73 Å². The first kappa shape index (κ1) is 13.2. The summed E-state index contributed by atoms with van der Waals surface area (Å²) in [4.78, 5) is 0. The van der Waals surface area contributed by atoms with Crippen LogP contribution in [0.25, 0.3) is 0 Å². The minimum Gasteiger partial charge on any atom is -0.324 e. The molecular weight excluding hydrogens is 194 g/mol. The number of aryl methyl sites for hydroxylation is 2. The molecule has 0 fully saturated rings. The van der Waals surface area contributed by atoms with E-state index in [0.29, 0.717) is 0 Å². The van der Waals surface area contributed by atoms with E-state index in [1.807, 2.05) is 0 Å². The molecule has 0 amide bonds. The maximum atomic E-state index is 6.33. The normalized spacial score (nSPS) is 14.8. The zero-order chi connectivity index (χ0) is 12.1. The van der Waals surface area contributed by atoms with Crippen LogP contribution in [-0.2, 0) is 0 Å². The Morgan fingerprint density at radius 2 is 1.75 bits per heavy atom. The highest BCUT2D eigenvalue weighted by Crippen LogP contribution is 2.26. The van der Waals surface area contributed by atoms with Crippen molar-refractivity contribution in [2.75, 3.05) is 0 Å². The van der Waals surface area contributed by atoms with E-state index < -0.39 is 0 Å². The van der Waals surface area contributed by atoms with Gasteiger partial charge in [0.05, 0.1) is 0 Å². The molecule has 0 aliphatic heterocycles. The van der Waals surface area contributed by atoms with Crippen molar-refractivity contribution >= 4 is 0 Å². The van der Waals surface area contributed by atoms with Gasteiger partial charge >= 0.3 is 0 Å². The van der Waals surface area contributed by atoms with Gasteiger partial charge in [-0.05, 0) is 42.9 Å². The molecule has 16 heavy (non-hydrogen) atoms. The minimum absolute atomic E-state index is 0.197. The van der Waals surface area contributed by atoms with E-state index in [9.17, 15) is 0 Å². The van der Waals surface area contributed by atoms with Gasteiger partial charge in [-0.15, -0.1) is 0 Å². The average molecular weight is 219 g/mol. The number of hydrogen-bond acceptors (Lipinski definition) is 1. The van der Waals surface area contributed by atoms with Crippen molar-refractivity contribution in [3.63, 3.8) is 0 Å². The fourth-order valence-electron chi connectivity index (χ4n) is 2.57. The molecule has 0 aromatic heterocycles. The van der Waals surface area contributed by atoms with Crippen LogP contribution in [-0.4, -0.2) is 0 Å². The third kappa shape index (κ3) is 3.34. The highest BCUT2D eigenvalue weighted by molar-refractivity contribution is 5.35. The Morgan fingerprint density at radius 3 is 2.25 bits per heavy atom. The zero-order valence-electron chi connectivity index (χ0n) is 11.1. The van der Waals surface area contributed by atoms with Crippen LogP contribution >= 0.6 is 0 Å². The molecule has 0 saturated heterocycles. The summed E-state index contributed by atoms with van der Waals surface area (Å²) < 4.78 is 0. The maximum Gasteiger partial charge on any atom is 0.0302 e. The highest BCUT2D eigenvalue weighted by Gasteiger charge is 2.14. The van der Waals surface area contributed by atoms with Gasteiger partial charge in [0, 0.05) is 6.04 Å². The van der Waals surface area contributed by atoms with Crippen LogP contribution in [0.3, 0.4) is 0 Å². The van der Waals surface area contributed by atoms with Crippen LogP contribution in [0.1, 0.15) is 55.8 Å². The van der Waals surface area contributed by atoms with Crippen LogP contribution in [0.5, 0.6) is 0 Å². The first-order valence-corrected chi connectivity index (χ1v) is 6.38. The lowest BCUT2D eigenvalue weighted by molar-refractivity contribution is 0.439. The molecule has 0 bridgehead atoms. The Labute approximate surface area is 100 Å². The number of hydrogen-bond donors (Lipinski definition) is 1. The lowest BCUT2D eigenvalue weighted by Gasteiger charge is -2.20. The predicted molar refractivity (Wildman–Crippen MR) is 71.5 cm³/mol. The number of nitrogens with two attached hydrogens (primary N) is 1. The number of rotatable bonds is 5. The molecule has 1 aromatic rings. The monoisotopic (exact) mass is 219 g/mol. The van der Waals surface area contributed by atoms with Gasteiger partial charge in [-0.25, -0.2) is 0 Å². The molecule has 1 nitrogen and oxygen atoms in total. The van der Waals surface area contributed by atoms with Crippen LogP contribution in [0, 0.1) is 19.8 Å². The molecule has 0 radical (unpaired) electrons. The largest absolute Gasteiger partial charge is 0.324 e. The molecule has 0 aliphatic rings. The quantitative estimate of drug-likeness (QED) is 0.791. The average Bonchev–Trinajstić information content (AvgIpc) is 2.17. The van der Waals surface area contributed by atoms with Crippen LogP contribution < -0.4 is 5.73 Å². The summed E-state index contributed by atoms with van der Waals surface area (Å²) >= 11 is 0. The summed E-state index contributed by atoms with van der Waals surface area (Å²) in [6.45, 7) is 8.86. The van der Waals surface area contributed by atoms with Gasteiger partial charge in [0.25, 0.3) is 0 Å². The molecule has 2 unspecified atom stereocenters. The Morgan fingerprint density at radius 1 is 1.19 bits per heavy atom. The first-order valence-electron chi connectivity index (χ1n) is 6.38. The fourth-order valence-corrected chi connectivity index (χ4v) is 2.57. The lowest BCUT2D eigenvalue weighted by Crippen LogP contribution is -2.16. The molecule has 2 atom stereocenters. The molecule has 0 spiro atoms. The van der Waals surface area contributed by atoms with Crippen molar-refractivity contribution in [2.45, 2.75) is 53.0 Å². The second-order valence-electron chi connectivity index (χ2n) is 5.04. The highest BCUT2D eigenvalue weighted by atomic mass is 14.6. The summed E-state index contributed by atoms with van der Waals surface area (Å²) in [5.41, 5.74) is 10.3. The predicted octanol–water partition coefficient (Wildman–Crippen LogP) is 4.13. The van der Waals surface area contributed by atoms with Crippen molar-refractivity contribution in [2.24, 2.45) is 11.7 Å². The van der Waals surface area contributed by atoms with E-state index in [0.717, 1.165) is 12.3 Å². The minimum atomic E-state index is 0.197.